The molecule has 0 radical (unpaired) electrons. The quantitative estimate of drug-likeness (QED) is 0.774. The van der Waals surface area contributed by atoms with Crippen LogP contribution in [0.15, 0.2) is 24.3 Å². The molecule has 1 aromatic rings. The number of hydrogen-bond donors (Lipinski definition) is 1. The van der Waals surface area contributed by atoms with Crippen molar-refractivity contribution in [2.24, 2.45) is 5.73 Å². The first kappa shape index (κ1) is 14.9. The van der Waals surface area contributed by atoms with Crippen molar-refractivity contribution in [2.75, 3.05) is 31.7 Å². The van der Waals surface area contributed by atoms with Gasteiger partial charge >= 0.3 is 0 Å². The SMILES string of the molecule is CCN(c1ccc(F)cc1)C(CCCN)COC. The lowest BCUT2D eigenvalue weighted by molar-refractivity contribution is 0.172. The average molecular weight is 254 g/mol. The van der Waals surface area contributed by atoms with Crippen molar-refractivity contribution in [1.82, 2.24) is 0 Å². The molecule has 1 atom stereocenters. The number of hydrogen-bond acceptors (Lipinski definition) is 3. The lowest BCUT2D eigenvalue weighted by atomic mass is 10.1. The maximum atomic E-state index is 12.9. The fourth-order valence-corrected chi connectivity index (χ4v) is 2.16. The van der Waals surface area contributed by atoms with E-state index in [1.165, 1.54) is 12.1 Å². The first-order valence-electron chi connectivity index (χ1n) is 6.44. The third-order valence-corrected chi connectivity index (χ3v) is 3.04. The second kappa shape index (κ2) is 8.06. The van der Waals surface area contributed by atoms with Crippen LogP contribution in [-0.2, 0) is 4.74 Å². The standard InChI is InChI=1S/C14H23FN2O/c1-3-17(13-8-6-12(15)7-9-13)14(11-18-2)5-4-10-16/h6-9,14H,3-5,10-11,16H2,1-2H3. The molecule has 0 spiro atoms. The Morgan fingerprint density at radius 1 is 1.33 bits per heavy atom. The van der Waals surface area contributed by atoms with Crippen LogP contribution in [0.25, 0.3) is 0 Å². The molecular formula is C14H23FN2O. The number of likely N-dealkylation sites (N-methyl/N-ethyl adjacent to an activating group) is 1. The number of rotatable bonds is 8. The molecule has 0 fully saturated rings. The molecule has 1 rings (SSSR count). The Balaban J connectivity index is 2.79. The Bertz CT molecular complexity index is 329. The monoisotopic (exact) mass is 254 g/mol. The van der Waals surface area contributed by atoms with Gasteiger partial charge in [-0.2, -0.15) is 0 Å². The summed E-state index contributed by atoms with van der Waals surface area (Å²) >= 11 is 0. The van der Waals surface area contributed by atoms with Crippen LogP contribution >= 0.6 is 0 Å². The first-order chi connectivity index (χ1) is 8.72. The number of nitrogens with zero attached hydrogens (tertiary/aromatic N) is 1. The van der Waals surface area contributed by atoms with Gasteiger partial charge in [-0.05, 0) is 50.6 Å². The van der Waals surface area contributed by atoms with Crippen molar-refractivity contribution in [3.8, 4) is 0 Å². The Kier molecular flexibility index (Phi) is 6.68. The minimum atomic E-state index is -0.208. The number of ether oxygens (including phenoxy) is 1. The molecule has 0 aliphatic rings. The number of methoxy groups -OCH3 is 1. The van der Waals surface area contributed by atoms with Crippen molar-refractivity contribution in [3.63, 3.8) is 0 Å². The van der Waals surface area contributed by atoms with Crippen molar-refractivity contribution in [3.05, 3.63) is 30.1 Å². The highest BCUT2D eigenvalue weighted by Crippen LogP contribution is 2.20. The summed E-state index contributed by atoms with van der Waals surface area (Å²) in [6.45, 7) is 4.30. The normalized spacial score (nSPS) is 12.4. The van der Waals surface area contributed by atoms with Crippen LogP contribution in [0, 0.1) is 5.82 Å². The predicted molar refractivity (Wildman–Crippen MR) is 73.4 cm³/mol. The zero-order valence-corrected chi connectivity index (χ0v) is 11.2. The van der Waals surface area contributed by atoms with Crippen molar-refractivity contribution in [2.45, 2.75) is 25.8 Å². The van der Waals surface area contributed by atoms with Gasteiger partial charge in [0.2, 0.25) is 0 Å². The van der Waals surface area contributed by atoms with Gasteiger partial charge in [0.05, 0.1) is 12.6 Å². The average Bonchev–Trinajstić information content (AvgIpc) is 2.39. The van der Waals surface area contributed by atoms with E-state index in [2.05, 4.69) is 11.8 Å². The summed E-state index contributed by atoms with van der Waals surface area (Å²) in [6, 6.07) is 6.89. The minimum absolute atomic E-state index is 0.208. The summed E-state index contributed by atoms with van der Waals surface area (Å²) in [6.07, 6.45) is 1.95. The van der Waals surface area contributed by atoms with E-state index in [-0.39, 0.29) is 11.9 Å². The highest BCUT2D eigenvalue weighted by Gasteiger charge is 2.17. The molecule has 1 unspecified atom stereocenters. The van der Waals surface area contributed by atoms with Crippen LogP contribution in [0.4, 0.5) is 10.1 Å². The molecule has 3 nitrogen and oxygen atoms in total. The summed E-state index contributed by atoms with van der Waals surface area (Å²) in [4.78, 5) is 2.23. The molecular weight excluding hydrogens is 231 g/mol. The summed E-state index contributed by atoms with van der Waals surface area (Å²) in [5.74, 6) is -0.208. The Labute approximate surface area is 109 Å². The molecule has 1 aromatic carbocycles. The molecule has 0 saturated carbocycles. The number of benzene rings is 1. The molecule has 0 aliphatic heterocycles. The van der Waals surface area contributed by atoms with E-state index in [0.29, 0.717) is 13.2 Å². The van der Waals surface area contributed by atoms with Crippen molar-refractivity contribution < 1.29 is 9.13 Å². The zero-order chi connectivity index (χ0) is 13.4. The van der Waals surface area contributed by atoms with Crippen LogP contribution in [0.2, 0.25) is 0 Å². The van der Waals surface area contributed by atoms with E-state index in [1.54, 1.807) is 7.11 Å². The summed E-state index contributed by atoms with van der Waals surface area (Å²) in [5, 5.41) is 0. The van der Waals surface area contributed by atoms with Crippen LogP contribution < -0.4 is 10.6 Å². The molecule has 2 N–H and O–H groups in total. The number of anilines is 1. The molecule has 4 heteroatoms. The third kappa shape index (κ3) is 4.27. The van der Waals surface area contributed by atoms with Gasteiger partial charge in [0, 0.05) is 19.3 Å². The molecule has 0 heterocycles. The maximum absolute atomic E-state index is 12.9. The van der Waals surface area contributed by atoms with E-state index in [4.69, 9.17) is 10.5 Å². The molecule has 102 valence electrons. The van der Waals surface area contributed by atoms with Crippen LogP contribution in [0.1, 0.15) is 19.8 Å². The predicted octanol–water partition coefficient (Wildman–Crippen LogP) is 2.41. The van der Waals surface area contributed by atoms with Crippen LogP contribution in [0.5, 0.6) is 0 Å². The Morgan fingerprint density at radius 2 is 2.00 bits per heavy atom. The highest BCUT2D eigenvalue weighted by molar-refractivity contribution is 5.47. The topological polar surface area (TPSA) is 38.5 Å². The molecule has 0 bridgehead atoms. The van der Waals surface area contributed by atoms with Crippen LogP contribution in [0.3, 0.4) is 0 Å². The summed E-state index contributed by atoms with van der Waals surface area (Å²) in [5.41, 5.74) is 6.59. The van der Waals surface area contributed by atoms with E-state index in [1.807, 2.05) is 12.1 Å². The molecule has 0 amide bonds. The van der Waals surface area contributed by atoms with Gasteiger partial charge in [-0.25, -0.2) is 4.39 Å². The van der Waals surface area contributed by atoms with E-state index >= 15 is 0 Å². The van der Waals surface area contributed by atoms with E-state index in [9.17, 15) is 4.39 Å². The number of nitrogens with two attached hydrogens (primary N) is 1. The van der Waals surface area contributed by atoms with Crippen LogP contribution in [-0.4, -0.2) is 32.8 Å². The molecule has 0 saturated heterocycles. The maximum Gasteiger partial charge on any atom is 0.123 e. The van der Waals surface area contributed by atoms with E-state index in [0.717, 1.165) is 25.1 Å². The van der Waals surface area contributed by atoms with Crippen molar-refractivity contribution >= 4 is 5.69 Å². The van der Waals surface area contributed by atoms with Gasteiger partial charge in [-0.3, -0.25) is 0 Å². The van der Waals surface area contributed by atoms with Gasteiger partial charge in [0.15, 0.2) is 0 Å². The Hall–Kier alpha value is -1.13. The van der Waals surface area contributed by atoms with Gasteiger partial charge < -0.3 is 15.4 Å². The molecule has 0 aliphatic carbocycles. The lowest BCUT2D eigenvalue weighted by Crippen LogP contribution is -2.39. The van der Waals surface area contributed by atoms with Gasteiger partial charge in [-0.1, -0.05) is 0 Å². The van der Waals surface area contributed by atoms with Crippen molar-refractivity contribution in [1.29, 1.82) is 0 Å². The Morgan fingerprint density at radius 3 is 2.50 bits per heavy atom. The smallest absolute Gasteiger partial charge is 0.123 e. The first-order valence-corrected chi connectivity index (χ1v) is 6.44. The molecule has 18 heavy (non-hydrogen) atoms. The fourth-order valence-electron chi connectivity index (χ4n) is 2.16. The second-order valence-electron chi connectivity index (χ2n) is 4.30. The summed E-state index contributed by atoms with van der Waals surface area (Å²) in [7, 11) is 1.70. The van der Waals surface area contributed by atoms with E-state index < -0.39 is 0 Å². The van der Waals surface area contributed by atoms with Gasteiger partial charge in [0.25, 0.3) is 0 Å². The molecule has 0 aromatic heterocycles. The van der Waals surface area contributed by atoms with Gasteiger partial charge in [0.1, 0.15) is 5.82 Å². The summed E-state index contributed by atoms with van der Waals surface area (Å²) < 4.78 is 18.2. The lowest BCUT2D eigenvalue weighted by Gasteiger charge is -2.32. The van der Waals surface area contributed by atoms with Gasteiger partial charge in [-0.15, -0.1) is 0 Å². The minimum Gasteiger partial charge on any atom is -0.383 e. The second-order valence-corrected chi connectivity index (χ2v) is 4.30. The number of halogens is 1. The largest absolute Gasteiger partial charge is 0.383 e. The fraction of sp³-hybridized carbons (Fsp3) is 0.571. The zero-order valence-electron chi connectivity index (χ0n) is 11.2. The third-order valence-electron chi connectivity index (χ3n) is 3.04. The highest BCUT2D eigenvalue weighted by atomic mass is 19.1.